The quantitative estimate of drug-likeness (QED) is 0.930. The van der Waals surface area contributed by atoms with E-state index >= 15 is 0 Å². The summed E-state index contributed by atoms with van der Waals surface area (Å²) in [6.07, 6.45) is 3.25. The van der Waals surface area contributed by atoms with Crippen molar-refractivity contribution >= 4 is 11.9 Å². The Hall–Kier alpha value is -2.70. The van der Waals surface area contributed by atoms with Crippen molar-refractivity contribution in [2.24, 2.45) is 0 Å². The van der Waals surface area contributed by atoms with Gasteiger partial charge >= 0.3 is 0 Å². The van der Waals surface area contributed by atoms with Crippen LogP contribution in [0.5, 0.6) is 5.75 Å². The highest BCUT2D eigenvalue weighted by Crippen LogP contribution is 2.17. The lowest BCUT2D eigenvalue weighted by molar-refractivity contribution is 0.0780. The van der Waals surface area contributed by atoms with E-state index in [0.717, 1.165) is 11.6 Å². The molecule has 0 atom stereocenters. The first-order chi connectivity index (χ1) is 10.4. The van der Waals surface area contributed by atoms with E-state index in [-0.39, 0.29) is 17.9 Å². The Morgan fingerprint density at radius 3 is 2.41 bits per heavy atom. The number of phenols is 1. The van der Waals surface area contributed by atoms with Gasteiger partial charge in [-0.25, -0.2) is 14.4 Å². The summed E-state index contributed by atoms with van der Waals surface area (Å²) in [5, 5.41) is 9.18. The Labute approximate surface area is 127 Å². The second-order valence-corrected chi connectivity index (χ2v) is 5.11. The highest BCUT2D eigenvalue weighted by molar-refractivity contribution is 5.94. The normalized spacial score (nSPS) is 10.4. The van der Waals surface area contributed by atoms with E-state index in [1.807, 2.05) is 14.1 Å². The van der Waals surface area contributed by atoms with E-state index in [2.05, 4.69) is 9.97 Å². The summed E-state index contributed by atoms with van der Waals surface area (Å²) >= 11 is 0. The summed E-state index contributed by atoms with van der Waals surface area (Å²) in [6.45, 7) is 0.257. The Balaban J connectivity index is 2.11. The summed E-state index contributed by atoms with van der Waals surface area (Å²) in [4.78, 5) is 23.7. The fraction of sp³-hybridized carbons (Fsp3) is 0.267. The lowest BCUT2D eigenvalue weighted by atomic mass is 10.1. The van der Waals surface area contributed by atoms with Crippen molar-refractivity contribution in [2.45, 2.75) is 6.54 Å². The number of anilines is 1. The van der Waals surface area contributed by atoms with Gasteiger partial charge in [0, 0.05) is 51.7 Å². The summed E-state index contributed by atoms with van der Waals surface area (Å²) in [7, 11) is 5.23. The maximum atomic E-state index is 13.7. The first kappa shape index (κ1) is 15.7. The molecule has 0 aliphatic rings. The third kappa shape index (κ3) is 3.49. The monoisotopic (exact) mass is 304 g/mol. The maximum Gasteiger partial charge on any atom is 0.256 e. The minimum absolute atomic E-state index is 0.0915. The predicted octanol–water partition coefficient (Wildman–Crippen LogP) is 1.66. The molecule has 0 aliphatic carbocycles. The molecule has 0 bridgehead atoms. The molecule has 0 saturated carbocycles. The third-order valence-corrected chi connectivity index (χ3v) is 3.04. The van der Waals surface area contributed by atoms with E-state index in [0.29, 0.717) is 5.95 Å². The Bertz CT molecular complexity index is 674. The number of aromatic nitrogens is 2. The number of carbonyl (C=O) groups is 1. The minimum atomic E-state index is -0.754. The van der Waals surface area contributed by atoms with Gasteiger partial charge in [0.15, 0.2) is 0 Å². The third-order valence-electron chi connectivity index (χ3n) is 3.04. The zero-order valence-corrected chi connectivity index (χ0v) is 12.6. The van der Waals surface area contributed by atoms with E-state index in [1.165, 1.54) is 17.0 Å². The van der Waals surface area contributed by atoms with Crippen LogP contribution in [0.4, 0.5) is 10.3 Å². The molecular weight excluding hydrogens is 287 g/mol. The largest absolute Gasteiger partial charge is 0.508 e. The van der Waals surface area contributed by atoms with Crippen LogP contribution in [0.25, 0.3) is 0 Å². The number of hydrogen-bond donors (Lipinski definition) is 1. The summed E-state index contributed by atoms with van der Waals surface area (Å²) in [6, 6.07) is 3.45. The van der Waals surface area contributed by atoms with Gasteiger partial charge in [-0.2, -0.15) is 0 Å². The molecule has 2 rings (SSSR count). The summed E-state index contributed by atoms with van der Waals surface area (Å²) < 4.78 is 13.7. The molecule has 1 aromatic carbocycles. The number of phenolic OH excluding ortho intramolecular Hbond substituents is 1. The first-order valence-electron chi connectivity index (χ1n) is 6.60. The van der Waals surface area contributed by atoms with Gasteiger partial charge in [-0.3, -0.25) is 4.79 Å². The molecule has 6 nitrogen and oxygen atoms in total. The molecule has 0 fully saturated rings. The minimum Gasteiger partial charge on any atom is -0.508 e. The predicted molar refractivity (Wildman–Crippen MR) is 80.2 cm³/mol. The number of carbonyl (C=O) groups excluding carboxylic acids is 1. The van der Waals surface area contributed by atoms with Gasteiger partial charge in [-0.05, 0) is 12.1 Å². The van der Waals surface area contributed by atoms with E-state index in [9.17, 15) is 14.3 Å². The Morgan fingerprint density at radius 1 is 1.23 bits per heavy atom. The van der Waals surface area contributed by atoms with E-state index in [4.69, 9.17) is 0 Å². The zero-order chi connectivity index (χ0) is 16.3. The lowest BCUT2D eigenvalue weighted by Gasteiger charge is -2.18. The van der Waals surface area contributed by atoms with Crippen LogP contribution in [0.2, 0.25) is 0 Å². The number of hydrogen-bond acceptors (Lipinski definition) is 5. The van der Waals surface area contributed by atoms with Gasteiger partial charge in [0.25, 0.3) is 5.91 Å². The topological polar surface area (TPSA) is 69.6 Å². The molecule has 0 radical (unpaired) electrons. The molecule has 0 unspecified atom stereocenters. The van der Waals surface area contributed by atoms with Crippen LogP contribution in [0.3, 0.4) is 0 Å². The molecule has 0 aliphatic heterocycles. The molecule has 1 amide bonds. The van der Waals surface area contributed by atoms with Gasteiger partial charge in [-0.15, -0.1) is 0 Å². The van der Waals surface area contributed by atoms with Crippen LogP contribution in [-0.2, 0) is 6.54 Å². The molecular formula is C15H17FN4O2. The first-order valence-corrected chi connectivity index (χ1v) is 6.60. The SMILES string of the molecule is CN(Cc1cnc(N(C)C)nc1)C(=O)c1ccc(O)cc1F. The van der Waals surface area contributed by atoms with E-state index < -0.39 is 11.7 Å². The molecule has 1 N–H and O–H groups in total. The fourth-order valence-corrected chi connectivity index (χ4v) is 1.89. The Kier molecular flexibility index (Phi) is 4.55. The smallest absolute Gasteiger partial charge is 0.256 e. The average Bonchev–Trinajstić information content (AvgIpc) is 2.47. The molecule has 0 saturated heterocycles. The molecule has 7 heteroatoms. The van der Waals surface area contributed by atoms with E-state index in [1.54, 1.807) is 24.3 Å². The van der Waals surface area contributed by atoms with Crippen LogP contribution in [0.15, 0.2) is 30.6 Å². The summed E-state index contributed by atoms with van der Waals surface area (Å²) in [5.41, 5.74) is 0.645. The molecule has 2 aromatic rings. The second-order valence-electron chi connectivity index (χ2n) is 5.11. The molecule has 1 heterocycles. The maximum absolute atomic E-state index is 13.7. The van der Waals surface area contributed by atoms with Crippen LogP contribution in [-0.4, -0.2) is 47.0 Å². The lowest BCUT2D eigenvalue weighted by Crippen LogP contribution is -2.27. The molecule has 22 heavy (non-hydrogen) atoms. The number of amides is 1. The molecule has 1 aromatic heterocycles. The van der Waals surface area contributed by atoms with Crippen molar-refractivity contribution in [3.63, 3.8) is 0 Å². The molecule has 0 spiro atoms. The number of benzene rings is 1. The van der Waals surface area contributed by atoms with Crippen molar-refractivity contribution in [2.75, 3.05) is 26.0 Å². The highest BCUT2D eigenvalue weighted by atomic mass is 19.1. The fourth-order valence-electron chi connectivity index (χ4n) is 1.89. The van der Waals surface area contributed by atoms with Crippen molar-refractivity contribution < 1.29 is 14.3 Å². The standard InChI is InChI=1S/C15H17FN4O2/c1-19(2)15-17-7-10(8-18-15)9-20(3)14(22)12-5-4-11(21)6-13(12)16/h4-8,21H,9H2,1-3H3. The van der Waals surface area contributed by atoms with Gasteiger partial charge in [0.1, 0.15) is 11.6 Å². The number of rotatable bonds is 4. The molecule has 116 valence electrons. The van der Waals surface area contributed by atoms with Crippen LogP contribution in [0.1, 0.15) is 15.9 Å². The van der Waals surface area contributed by atoms with Crippen molar-refractivity contribution in [1.29, 1.82) is 0 Å². The van der Waals surface area contributed by atoms with Gasteiger partial charge in [0.2, 0.25) is 5.95 Å². The number of nitrogens with zero attached hydrogens (tertiary/aromatic N) is 4. The van der Waals surface area contributed by atoms with Crippen LogP contribution in [0, 0.1) is 5.82 Å². The van der Waals surface area contributed by atoms with Gasteiger partial charge in [0.05, 0.1) is 5.56 Å². The van der Waals surface area contributed by atoms with Crippen molar-refractivity contribution in [3.05, 3.63) is 47.5 Å². The van der Waals surface area contributed by atoms with Gasteiger partial charge in [-0.1, -0.05) is 0 Å². The zero-order valence-electron chi connectivity index (χ0n) is 12.6. The Morgan fingerprint density at radius 2 is 1.86 bits per heavy atom. The highest BCUT2D eigenvalue weighted by Gasteiger charge is 2.17. The second kappa shape index (κ2) is 6.38. The number of aromatic hydroxyl groups is 1. The number of halogens is 1. The van der Waals surface area contributed by atoms with Crippen molar-refractivity contribution in [1.82, 2.24) is 14.9 Å². The van der Waals surface area contributed by atoms with Gasteiger partial charge < -0.3 is 14.9 Å². The summed E-state index contributed by atoms with van der Waals surface area (Å²) in [5.74, 6) is -0.878. The van der Waals surface area contributed by atoms with Crippen molar-refractivity contribution in [3.8, 4) is 5.75 Å². The average molecular weight is 304 g/mol. The van der Waals surface area contributed by atoms with Crippen LogP contribution < -0.4 is 4.90 Å². The van der Waals surface area contributed by atoms with Crippen LogP contribution >= 0.6 is 0 Å².